The molecule has 4 aromatic rings. The summed E-state index contributed by atoms with van der Waals surface area (Å²) in [6, 6.07) is 11.2. The number of nitrogens with two attached hydrogens (primary N) is 1. The fraction of sp³-hybridized carbons (Fsp3) is 0.281. The lowest BCUT2D eigenvalue weighted by Crippen LogP contribution is -2.29. The van der Waals surface area contributed by atoms with Crippen LogP contribution < -0.4 is 20.7 Å². The summed E-state index contributed by atoms with van der Waals surface area (Å²) in [7, 11) is 7.66. The van der Waals surface area contributed by atoms with Crippen molar-refractivity contribution in [2.24, 2.45) is 0 Å². The lowest BCUT2D eigenvalue weighted by Gasteiger charge is -2.24. The van der Waals surface area contributed by atoms with Gasteiger partial charge in [-0.2, -0.15) is 5.10 Å². The summed E-state index contributed by atoms with van der Waals surface area (Å²) in [5.74, 6) is -0.627. The molecule has 0 aliphatic rings. The van der Waals surface area contributed by atoms with E-state index >= 15 is 0 Å². The van der Waals surface area contributed by atoms with Gasteiger partial charge in [0.1, 0.15) is 11.4 Å². The first-order valence-corrected chi connectivity index (χ1v) is 14.0. The third-order valence-electron chi connectivity index (χ3n) is 6.79. The molecule has 0 aliphatic heterocycles. The number of ether oxygens (including phenoxy) is 2. The monoisotopic (exact) mass is 598 g/mol. The Morgan fingerprint density at radius 2 is 1.89 bits per heavy atom. The summed E-state index contributed by atoms with van der Waals surface area (Å²) in [4.78, 5) is 36.6. The van der Waals surface area contributed by atoms with Gasteiger partial charge in [-0.05, 0) is 63.8 Å². The molecule has 0 fully saturated rings. The molecule has 0 aliphatic carbocycles. The van der Waals surface area contributed by atoms with Crippen molar-refractivity contribution < 1.29 is 19.1 Å². The fourth-order valence-electron chi connectivity index (χ4n) is 4.50. The van der Waals surface area contributed by atoms with Crippen molar-refractivity contribution >= 4 is 51.9 Å². The quantitative estimate of drug-likeness (QED) is 0.102. The number of likely N-dealkylation sites (N-methyl/N-ethyl adjacent to an activating group) is 2. The van der Waals surface area contributed by atoms with Crippen molar-refractivity contribution in [2.45, 2.75) is 19.9 Å². The Hall–Kier alpha value is -5.23. The van der Waals surface area contributed by atoms with Gasteiger partial charge in [-0.15, -0.1) is 0 Å². The number of carbonyl (C=O) groups is 2. The van der Waals surface area contributed by atoms with Gasteiger partial charge in [-0.25, -0.2) is 19.6 Å². The number of hydrogen-bond donors (Lipinski definition) is 2. The first kappa shape index (κ1) is 31.7. The second-order valence-corrected chi connectivity index (χ2v) is 10.7. The molecule has 12 nitrogen and oxygen atoms in total. The minimum Gasteiger partial charge on any atom is -0.494 e. The highest BCUT2D eigenvalue weighted by Gasteiger charge is 2.18. The molecule has 0 atom stereocenters. The van der Waals surface area contributed by atoms with Gasteiger partial charge < -0.3 is 30.3 Å². The Bertz CT molecular complexity index is 1710. The Morgan fingerprint density at radius 3 is 2.57 bits per heavy atom. The van der Waals surface area contributed by atoms with E-state index in [0.717, 1.165) is 41.3 Å². The van der Waals surface area contributed by atoms with Crippen LogP contribution in [0.2, 0.25) is 0 Å². The van der Waals surface area contributed by atoms with Crippen LogP contribution in [0.25, 0.3) is 28.4 Å². The molecule has 3 N–H and O–H groups in total. The lowest BCUT2D eigenvalue weighted by molar-refractivity contribution is -0.152. The van der Waals surface area contributed by atoms with Crippen molar-refractivity contribution in [3.8, 4) is 17.1 Å². The molecule has 44 heavy (non-hydrogen) atoms. The van der Waals surface area contributed by atoms with Crippen LogP contribution >= 0.6 is 0 Å². The van der Waals surface area contributed by atoms with E-state index < -0.39 is 11.9 Å². The third-order valence-corrected chi connectivity index (χ3v) is 6.79. The Morgan fingerprint density at radius 1 is 1.11 bits per heavy atom. The molecule has 0 saturated carbocycles. The summed E-state index contributed by atoms with van der Waals surface area (Å²) >= 11 is 0. The molecule has 0 saturated heterocycles. The molecular weight excluding hydrogens is 560 g/mol. The first-order valence-electron chi connectivity index (χ1n) is 14.0. The summed E-state index contributed by atoms with van der Waals surface area (Å²) in [6.45, 7) is 9.03. The van der Waals surface area contributed by atoms with Crippen molar-refractivity contribution in [1.29, 1.82) is 0 Å². The molecule has 2 heterocycles. The van der Waals surface area contributed by atoms with Gasteiger partial charge in [-0.3, -0.25) is 4.68 Å². The highest BCUT2D eigenvalue weighted by molar-refractivity contribution is 5.99. The summed E-state index contributed by atoms with van der Waals surface area (Å²) in [6.07, 6.45) is 5.37. The number of nitrogens with one attached hydrogen (secondary N) is 1. The van der Waals surface area contributed by atoms with Crippen molar-refractivity contribution in [1.82, 2.24) is 24.6 Å². The zero-order valence-corrected chi connectivity index (χ0v) is 25.9. The van der Waals surface area contributed by atoms with E-state index in [1.165, 1.54) is 6.08 Å². The largest absolute Gasteiger partial charge is 0.494 e. The maximum atomic E-state index is 11.9. The topological polar surface area (TPSA) is 141 Å². The molecule has 4 rings (SSSR count). The smallest absolute Gasteiger partial charge is 0.338 e. The van der Waals surface area contributed by atoms with Crippen LogP contribution in [-0.4, -0.2) is 77.9 Å². The minimum atomic E-state index is -0.807. The molecule has 2 aromatic heterocycles. The third kappa shape index (κ3) is 7.39. The van der Waals surface area contributed by atoms with Gasteiger partial charge in [0.2, 0.25) is 5.95 Å². The second kappa shape index (κ2) is 13.8. The van der Waals surface area contributed by atoms with Crippen LogP contribution in [0.4, 0.5) is 23.0 Å². The highest BCUT2D eigenvalue weighted by atomic mass is 16.6. The van der Waals surface area contributed by atoms with Gasteiger partial charge >= 0.3 is 11.9 Å². The maximum Gasteiger partial charge on any atom is 0.338 e. The predicted molar refractivity (Wildman–Crippen MR) is 174 cm³/mol. The van der Waals surface area contributed by atoms with Crippen molar-refractivity contribution in [3.05, 3.63) is 66.9 Å². The van der Waals surface area contributed by atoms with E-state index in [9.17, 15) is 9.59 Å². The van der Waals surface area contributed by atoms with Crippen LogP contribution in [0.5, 0.6) is 5.75 Å². The van der Waals surface area contributed by atoms with E-state index in [0.29, 0.717) is 34.5 Å². The first-order chi connectivity index (χ1) is 21.0. The number of esters is 2. The molecule has 0 unspecified atom stereocenters. The Labute approximate surface area is 256 Å². The van der Waals surface area contributed by atoms with Gasteiger partial charge in [0, 0.05) is 56.0 Å². The summed E-state index contributed by atoms with van der Waals surface area (Å²) in [5.41, 5.74) is 11.4. The molecule has 0 bridgehead atoms. The number of nitrogens with zero attached hydrogens (tertiary/aromatic N) is 6. The minimum absolute atomic E-state index is 0.0432. The lowest BCUT2D eigenvalue weighted by atomic mass is 10.1. The standard InChI is InChI=1S/C32H38N8O4/c1-8-29(41)44-30(42)12-10-21-9-11-22-26(17-21)40(20(2)3)37-31(22)24-13-14-34-32(35-24)36-25-18-23(33)27(19-28(25)43-7)39(6)16-15-38(4)5/h8-14,17-20H,1,15-16,33H2,2-7H3,(H,34,35,36)/b12-10+. The normalized spacial score (nSPS) is 11.4. The van der Waals surface area contributed by atoms with E-state index in [1.54, 1.807) is 25.4 Å². The molecule has 2 aromatic carbocycles. The SMILES string of the molecule is C=CC(=O)OC(=O)/C=C/c1ccc2c(-c3ccnc(Nc4cc(N)c(N(C)CCN(C)C)cc4OC)n3)nn(C(C)C)c2c1. The Balaban J connectivity index is 1.64. The summed E-state index contributed by atoms with van der Waals surface area (Å²) < 4.78 is 12.2. The van der Waals surface area contributed by atoms with Gasteiger partial charge in [0.05, 0.1) is 35.4 Å². The van der Waals surface area contributed by atoms with Crippen molar-refractivity contribution in [2.75, 3.05) is 57.3 Å². The molecular formula is C32H38N8O4. The number of methoxy groups -OCH3 is 1. The molecule has 0 spiro atoms. The molecule has 12 heteroatoms. The van der Waals surface area contributed by atoms with Crippen LogP contribution in [0.15, 0.2) is 61.3 Å². The van der Waals surface area contributed by atoms with Crippen LogP contribution in [-0.2, 0) is 14.3 Å². The van der Waals surface area contributed by atoms with Gasteiger partial charge in [-0.1, -0.05) is 12.6 Å². The van der Waals surface area contributed by atoms with E-state index in [2.05, 4.69) is 31.4 Å². The fourth-order valence-corrected chi connectivity index (χ4v) is 4.50. The number of fused-ring (bicyclic) bond motifs is 1. The number of nitrogen functional groups attached to an aromatic ring is 1. The van der Waals surface area contributed by atoms with Gasteiger partial charge in [0.15, 0.2) is 0 Å². The molecule has 230 valence electrons. The average molecular weight is 599 g/mol. The number of anilines is 4. The van der Waals surface area contributed by atoms with Crippen LogP contribution in [0.1, 0.15) is 25.5 Å². The Kier molecular flexibility index (Phi) is 9.96. The molecule has 0 amide bonds. The summed E-state index contributed by atoms with van der Waals surface area (Å²) in [5, 5.41) is 9.00. The van der Waals surface area contributed by atoms with Gasteiger partial charge in [0.25, 0.3) is 0 Å². The van der Waals surface area contributed by atoms with Crippen LogP contribution in [0.3, 0.4) is 0 Å². The number of benzene rings is 2. The maximum absolute atomic E-state index is 11.9. The zero-order valence-electron chi connectivity index (χ0n) is 25.9. The highest BCUT2D eigenvalue weighted by Crippen LogP contribution is 2.36. The van der Waals surface area contributed by atoms with E-state index in [1.807, 2.05) is 70.0 Å². The van der Waals surface area contributed by atoms with Crippen LogP contribution in [0, 0.1) is 0 Å². The van der Waals surface area contributed by atoms with E-state index in [-0.39, 0.29) is 6.04 Å². The van der Waals surface area contributed by atoms with E-state index in [4.69, 9.17) is 20.6 Å². The number of hydrogen-bond acceptors (Lipinski definition) is 11. The number of carbonyl (C=O) groups excluding carboxylic acids is 2. The number of aromatic nitrogens is 4. The second-order valence-electron chi connectivity index (χ2n) is 10.7. The molecule has 0 radical (unpaired) electrons. The van der Waals surface area contributed by atoms with Crippen molar-refractivity contribution in [3.63, 3.8) is 0 Å². The zero-order chi connectivity index (χ0) is 32.0. The number of rotatable bonds is 12. The predicted octanol–water partition coefficient (Wildman–Crippen LogP) is 4.68. The average Bonchev–Trinajstić information content (AvgIpc) is 3.38.